The summed E-state index contributed by atoms with van der Waals surface area (Å²) in [6.07, 6.45) is 0.0972. The highest BCUT2D eigenvalue weighted by Gasteiger charge is 2.11. The van der Waals surface area contributed by atoms with Crippen LogP contribution in [0.5, 0.6) is 0 Å². The van der Waals surface area contributed by atoms with Crippen molar-refractivity contribution in [2.24, 2.45) is 11.5 Å². The van der Waals surface area contributed by atoms with Crippen LogP contribution in [0.2, 0.25) is 0 Å². The molecule has 0 aromatic rings. The van der Waals surface area contributed by atoms with E-state index in [0.717, 1.165) is 0 Å². The average molecular weight is 235 g/mol. The van der Waals surface area contributed by atoms with E-state index in [1.54, 1.807) is 0 Å². The van der Waals surface area contributed by atoms with Crippen molar-refractivity contribution in [3.05, 3.63) is 0 Å². The topological polar surface area (TPSA) is 136 Å². The summed E-state index contributed by atoms with van der Waals surface area (Å²) >= 11 is 1.23. The fourth-order valence-electron chi connectivity index (χ4n) is 0.646. The van der Waals surface area contributed by atoms with Crippen molar-refractivity contribution in [3.8, 4) is 0 Å². The Hall–Kier alpha value is -1.28. The molecular formula is C7H13N3O4S. The highest BCUT2D eigenvalue weighted by molar-refractivity contribution is 7.99. The summed E-state index contributed by atoms with van der Waals surface area (Å²) in [7, 11) is 0. The molecule has 7 nitrogen and oxygen atoms in total. The number of thioether (sulfide) groups is 1. The lowest BCUT2D eigenvalue weighted by Gasteiger charge is -2.05. The lowest BCUT2D eigenvalue weighted by atomic mass is 10.4. The molecule has 0 aliphatic rings. The molecule has 0 heterocycles. The van der Waals surface area contributed by atoms with Crippen molar-refractivity contribution in [1.82, 2.24) is 5.32 Å². The number of imide groups is 1. The van der Waals surface area contributed by atoms with Gasteiger partial charge in [0.25, 0.3) is 0 Å². The summed E-state index contributed by atoms with van der Waals surface area (Å²) in [4.78, 5) is 31.4. The summed E-state index contributed by atoms with van der Waals surface area (Å²) in [5.41, 5.74) is 9.93. The van der Waals surface area contributed by atoms with Crippen LogP contribution in [0.25, 0.3) is 0 Å². The zero-order chi connectivity index (χ0) is 11.8. The number of hydrogen-bond acceptors (Lipinski definition) is 5. The van der Waals surface area contributed by atoms with E-state index in [2.05, 4.69) is 0 Å². The lowest BCUT2D eigenvalue weighted by Crippen LogP contribution is -2.35. The van der Waals surface area contributed by atoms with Crippen LogP contribution in [0.1, 0.15) is 6.42 Å². The molecule has 0 fully saturated rings. The van der Waals surface area contributed by atoms with Crippen molar-refractivity contribution < 1.29 is 19.5 Å². The molecule has 15 heavy (non-hydrogen) atoms. The third kappa shape index (κ3) is 7.77. The number of carboxylic acid groups (broad SMARTS) is 1. The summed E-state index contributed by atoms with van der Waals surface area (Å²) in [5.74, 6) is -0.956. The Morgan fingerprint density at radius 1 is 1.40 bits per heavy atom. The van der Waals surface area contributed by atoms with Crippen LogP contribution in [0, 0.1) is 0 Å². The molecular weight excluding hydrogens is 222 g/mol. The number of nitrogens with two attached hydrogens (primary N) is 2. The van der Waals surface area contributed by atoms with E-state index in [1.165, 1.54) is 11.8 Å². The smallest absolute Gasteiger partial charge is 0.321 e. The molecule has 0 saturated carbocycles. The third-order valence-corrected chi connectivity index (χ3v) is 2.44. The van der Waals surface area contributed by atoms with Gasteiger partial charge in [-0.25, -0.2) is 4.79 Å². The second kappa shape index (κ2) is 7.07. The van der Waals surface area contributed by atoms with Crippen LogP contribution in [0.15, 0.2) is 0 Å². The van der Waals surface area contributed by atoms with Crippen LogP contribution in [-0.2, 0) is 9.59 Å². The summed E-state index contributed by atoms with van der Waals surface area (Å²) in [6.45, 7) is 0. The molecule has 0 unspecified atom stereocenters. The number of hydrogen-bond donors (Lipinski definition) is 4. The molecule has 0 spiro atoms. The molecule has 0 aromatic heterocycles. The predicted octanol–water partition coefficient (Wildman–Crippen LogP) is -1.28. The van der Waals surface area contributed by atoms with Crippen LogP contribution in [0.4, 0.5) is 4.79 Å². The number of carboxylic acids is 1. The molecule has 0 aromatic carbocycles. The summed E-state index contributed by atoms with van der Waals surface area (Å²) < 4.78 is 0. The fraction of sp³-hybridized carbons (Fsp3) is 0.571. The first-order chi connectivity index (χ1) is 6.93. The first kappa shape index (κ1) is 13.7. The number of amides is 3. The van der Waals surface area contributed by atoms with Crippen LogP contribution in [-0.4, -0.2) is 40.6 Å². The van der Waals surface area contributed by atoms with Crippen LogP contribution >= 0.6 is 11.8 Å². The maximum absolute atomic E-state index is 10.9. The first-order valence-electron chi connectivity index (χ1n) is 4.09. The van der Waals surface area contributed by atoms with Crippen molar-refractivity contribution in [3.63, 3.8) is 0 Å². The third-order valence-electron chi connectivity index (χ3n) is 1.35. The zero-order valence-electron chi connectivity index (χ0n) is 7.93. The number of rotatable bonds is 6. The van der Waals surface area contributed by atoms with Gasteiger partial charge in [0, 0.05) is 17.9 Å². The van der Waals surface area contributed by atoms with Gasteiger partial charge in [0.15, 0.2) is 0 Å². The normalized spacial score (nSPS) is 11.8. The fourth-order valence-corrected chi connectivity index (χ4v) is 1.54. The lowest BCUT2D eigenvalue weighted by molar-refractivity contribution is -0.137. The number of primary amides is 1. The largest absolute Gasteiger partial charge is 0.480 e. The first-order valence-corrected chi connectivity index (χ1v) is 5.24. The average Bonchev–Trinajstić information content (AvgIpc) is 2.10. The molecule has 0 radical (unpaired) electrons. The monoisotopic (exact) mass is 235 g/mol. The minimum Gasteiger partial charge on any atom is -0.480 e. The van der Waals surface area contributed by atoms with Crippen molar-refractivity contribution in [2.75, 3.05) is 11.5 Å². The van der Waals surface area contributed by atoms with Crippen molar-refractivity contribution >= 4 is 29.7 Å². The van der Waals surface area contributed by atoms with Gasteiger partial charge in [0.1, 0.15) is 6.04 Å². The van der Waals surface area contributed by atoms with Gasteiger partial charge >= 0.3 is 12.0 Å². The van der Waals surface area contributed by atoms with E-state index >= 15 is 0 Å². The number of carbonyl (C=O) groups excluding carboxylic acids is 2. The van der Waals surface area contributed by atoms with E-state index in [9.17, 15) is 14.4 Å². The molecule has 0 aliphatic carbocycles. The molecule has 86 valence electrons. The number of carbonyl (C=O) groups is 3. The molecule has 8 heteroatoms. The molecule has 0 saturated heterocycles. The van der Waals surface area contributed by atoms with Crippen molar-refractivity contribution in [1.29, 1.82) is 0 Å². The summed E-state index contributed by atoms with van der Waals surface area (Å²) in [5, 5.41) is 10.3. The minimum absolute atomic E-state index is 0.0972. The van der Waals surface area contributed by atoms with Gasteiger partial charge in [-0.1, -0.05) is 0 Å². The van der Waals surface area contributed by atoms with Gasteiger partial charge in [-0.2, -0.15) is 11.8 Å². The van der Waals surface area contributed by atoms with Gasteiger partial charge in [-0.15, -0.1) is 0 Å². The van der Waals surface area contributed by atoms with E-state index in [0.29, 0.717) is 5.75 Å². The number of nitrogens with one attached hydrogen (secondary N) is 1. The van der Waals surface area contributed by atoms with Crippen molar-refractivity contribution in [2.45, 2.75) is 12.5 Å². The molecule has 0 rings (SSSR count). The van der Waals surface area contributed by atoms with Gasteiger partial charge < -0.3 is 16.6 Å². The maximum atomic E-state index is 10.9. The molecule has 0 aliphatic heterocycles. The van der Waals surface area contributed by atoms with E-state index in [4.69, 9.17) is 16.6 Å². The van der Waals surface area contributed by atoms with Crippen LogP contribution in [0.3, 0.4) is 0 Å². The zero-order valence-corrected chi connectivity index (χ0v) is 8.75. The second-order valence-electron chi connectivity index (χ2n) is 2.68. The maximum Gasteiger partial charge on any atom is 0.321 e. The van der Waals surface area contributed by atoms with E-state index in [1.807, 2.05) is 5.32 Å². The highest BCUT2D eigenvalue weighted by atomic mass is 32.2. The SMILES string of the molecule is NC(=O)NC(=O)CCSC[C@@H](N)C(=O)O. The Morgan fingerprint density at radius 3 is 2.47 bits per heavy atom. The number of urea groups is 1. The summed E-state index contributed by atoms with van der Waals surface area (Å²) in [6, 6.07) is -1.83. The Bertz CT molecular complexity index is 259. The van der Waals surface area contributed by atoms with Gasteiger partial charge in [0.05, 0.1) is 0 Å². The molecule has 1 atom stereocenters. The molecule has 6 N–H and O–H groups in total. The molecule has 0 bridgehead atoms. The van der Waals surface area contributed by atoms with Gasteiger partial charge in [-0.05, 0) is 0 Å². The standard InChI is InChI=1S/C7H13N3O4S/c8-4(6(12)13)3-15-2-1-5(11)10-7(9)14/h4H,1-3,8H2,(H,12,13)(H3,9,10,11,14)/t4-/m1/s1. The van der Waals surface area contributed by atoms with Gasteiger partial charge in [-0.3, -0.25) is 14.9 Å². The quantitative estimate of drug-likeness (QED) is 0.423. The predicted molar refractivity (Wildman–Crippen MR) is 55.3 cm³/mol. The highest BCUT2D eigenvalue weighted by Crippen LogP contribution is 2.03. The van der Waals surface area contributed by atoms with Gasteiger partial charge in [0.2, 0.25) is 5.91 Å². The second-order valence-corrected chi connectivity index (χ2v) is 3.83. The Kier molecular flexibility index (Phi) is 6.47. The Labute approximate surface area is 90.6 Å². The Balaban J connectivity index is 3.50. The van der Waals surface area contributed by atoms with E-state index in [-0.39, 0.29) is 12.2 Å². The van der Waals surface area contributed by atoms with E-state index < -0.39 is 23.9 Å². The number of aliphatic carboxylic acids is 1. The molecule has 3 amide bonds. The Morgan fingerprint density at radius 2 is 2.00 bits per heavy atom. The minimum atomic E-state index is -1.08. The van der Waals surface area contributed by atoms with Crippen LogP contribution < -0.4 is 16.8 Å².